The van der Waals surface area contributed by atoms with Gasteiger partial charge in [0.15, 0.2) is 5.69 Å². The predicted molar refractivity (Wildman–Crippen MR) is 126 cm³/mol. The highest BCUT2D eigenvalue weighted by atomic mass is 19.4. The summed E-state index contributed by atoms with van der Waals surface area (Å²) in [5.41, 5.74) is -0.657. The van der Waals surface area contributed by atoms with Crippen LogP contribution in [0.3, 0.4) is 0 Å². The van der Waals surface area contributed by atoms with Gasteiger partial charge in [0.25, 0.3) is 0 Å². The number of amides is 1. The number of aryl methyl sites for hydroxylation is 1. The van der Waals surface area contributed by atoms with Crippen molar-refractivity contribution >= 4 is 23.0 Å². The van der Waals surface area contributed by atoms with Gasteiger partial charge in [0, 0.05) is 37.0 Å². The second-order valence-corrected chi connectivity index (χ2v) is 8.66. The lowest BCUT2D eigenvalue weighted by Gasteiger charge is -2.29. The molecule has 5 rings (SSSR count). The molecule has 0 N–H and O–H groups in total. The van der Waals surface area contributed by atoms with Crippen molar-refractivity contribution < 1.29 is 35.9 Å². The summed E-state index contributed by atoms with van der Waals surface area (Å²) in [4.78, 5) is 36.9. The highest BCUT2D eigenvalue weighted by Crippen LogP contribution is 2.38. The lowest BCUT2D eigenvalue weighted by Crippen LogP contribution is -2.37. The van der Waals surface area contributed by atoms with Crippen LogP contribution in [0.1, 0.15) is 28.3 Å². The zero-order valence-electron chi connectivity index (χ0n) is 20.7. The highest BCUT2D eigenvalue weighted by molar-refractivity contribution is 6.01. The first-order chi connectivity index (χ1) is 18.9. The minimum absolute atomic E-state index is 0.186. The second-order valence-electron chi connectivity index (χ2n) is 8.66. The van der Waals surface area contributed by atoms with Gasteiger partial charge in [-0.05, 0) is 18.6 Å². The molecule has 0 fully saturated rings. The summed E-state index contributed by atoms with van der Waals surface area (Å²) in [6, 6.07) is 1.64. The number of hydrogen-bond donors (Lipinski definition) is 0. The molecule has 0 aliphatic carbocycles. The van der Waals surface area contributed by atoms with Crippen molar-refractivity contribution in [2.75, 3.05) is 13.7 Å². The number of aromatic nitrogens is 7. The van der Waals surface area contributed by atoms with E-state index >= 15 is 0 Å². The number of halogens is 6. The summed E-state index contributed by atoms with van der Waals surface area (Å²) in [5.74, 6) is -2.36. The van der Waals surface area contributed by atoms with E-state index in [-0.39, 0.29) is 18.8 Å². The van der Waals surface area contributed by atoms with Gasteiger partial charge in [-0.25, -0.2) is 29.9 Å². The third kappa shape index (κ3) is 4.80. The zero-order valence-corrected chi connectivity index (χ0v) is 20.7. The summed E-state index contributed by atoms with van der Waals surface area (Å²) in [7, 11) is 3.14. The molecule has 0 unspecified atom stereocenters. The lowest BCUT2D eigenvalue weighted by atomic mass is 10.0. The molecule has 10 nitrogen and oxygen atoms in total. The Morgan fingerprint density at radius 2 is 1.82 bits per heavy atom. The molecule has 0 radical (unpaired) electrons. The van der Waals surface area contributed by atoms with Gasteiger partial charge >= 0.3 is 12.4 Å². The smallest absolute Gasteiger partial charge is 0.451 e. The van der Waals surface area contributed by atoms with Crippen LogP contribution < -0.4 is 4.74 Å². The van der Waals surface area contributed by atoms with Crippen LogP contribution in [0.2, 0.25) is 0 Å². The van der Waals surface area contributed by atoms with Gasteiger partial charge in [-0.1, -0.05) is 0 Å². The Hall–Kier alpha value is -4.63. The number of alkyl halides is 6. The van der Waals surface area contributed by atoms with Crippen molar-refractivity contribution in [1.29, 1.82) is 0 Å². The van der Waals surface area contributed by atoms with Crippen LogP contribution in [-0.4, -0.2) is 58.9 Å². The van der Waals surface area contributed by atoms with Gasteiger partial charge in [-0.2, -0.15) is 26.3 Å². The topological polar surface area (TPSA) is 112 Å². The van der Waals surface area contributed by atoms with Crippen LogP contribution in [0.15, 0.2) is 31.0 Å². The lowest BCUT2D eigenvalue weighted by molar-refractivity contribution is -0.153. The molecule has 1 aliphatic rings. The monoisotopic (exact) mass is 564 g/mol. The van der Waals surface area contributed by atoms with Crippen LogP contribution in [0.25, 0.3) is 28.5 Å². The summed E-state index contributed by atoms with van der Waals surface area (Å²) < 4.78 is 87.3. The Balaban J connectivity index is 1.54. The Labute approximate surface area is 221 Å². The number of carbonyl (C=O) groups is 1. The molecule has 4 aromatic heterocycles. The zero-order chi connectivity index (χ0) is 28.8. The minimum atomic E-state index is -5.20. The van der Waals surface area contributed by atoms with Crippen molar-refractivity contribution in [1.82, 2.24) is 39.4 Å². The molecule has 0 saturated heterocycles. The molecule has 1 amide bonds. The fourth-order valence-corrected chi connectivity index (χ4v) is 4.55. The standard InChI is InChI=1S/C24H18F6N8O2/c1-37-18(14-5-7-31-10-32-14)13(17-20(37)33-11-34-21(17)40-2)3-4-16(39)38-8-6-12-15(9-38)35-22(24(28,29)30)36-19(12)23(25,26)27/h3-5,7,10-11H,6,8-9H2,1-2H3/b4-3+. The third-order valence-corrected chi connectivity index (χ3v) is 6.28. The van der Waals surface area contributed by atoms with Crippen molar-refractivity contribution in [3.05, 3.63) is 59.3 Å². The maximum Gasteiger partial charge on any atom is 0.451 e. The summed E-state index contributed by atoms with van der Waals surface area (Å²) in [6.07, 6.45) is -3.91. The molecule has 1 aliphatic heterocycles. The van der Waals surface area contributed by atoms with E-state index in [0.717, 1.165) is 11.0 Å². The van der Waals surface area contributed by atoms with E-state index in [1.807, 2.05) is 0 Å². The van der Waals surface area contributed by atoms with Gasteiger partial charge in [-0.15, -0.1) is 0 Å². The number of nitrogens with zero attached hydrogens (tertiary/aromatic N) is 8. The van der Waals surface area contributed by atoms with E-state index < -0.39 is 47.6 Å². The molecule has 0 bridgehead atoms. The van der Waals surface area contributed by atoms with E-state index in [1.165, 1.54) is 32.0 Å². The van der Waals surface area contributed by atoms with Crippen LogP contribution in [-0.2, 0) is 37.2 Å². The molecule has 4 aromatic rings. The summed E-state index contributed by atoms with van der Waals surface area (Å²) >= 11 is 0. The molecule has 0 saturated carbocycles. The molecular weight excluding hydrogens is 546 g/mol. The third-order valence-electron chi connectivity index (χ3n) is 6.28. The second kappa shape index (κ2) is 9.84. The van der Waals surface area contributed by atoms with Crippen molar-refractivity contribution in [3.8, 4) is 17.3 Å². The van der Waals surface area contributed by atoms with Crippen LogP contribution in [0.4, 0.5) is 26.3 Å². The van der Waals surface area contributed by atoms with E-state index in [9.17, 15) is 31.1 Å². The molecule has 208 valence electrons. The fraction of sp³-hybridized carbons (Fsp3) is 0.292. The van der Waals surface area contributed by atoms with Crippen LogP contribution in [0, 0.1) is 0 Å². The Bertz CT molecular complexity index is 1630. The van der Waals surface area contributed by atoms with E-state index in [2.05, 4.69) is 29.9 Å². The predicted octanol–water partition coefficient (Wildman–Crippen LogP) is 3.86. The minimum Gasteiger partial charge on any atom is -0.480 e. The number of methoxy groups -OCH3 is 1. The normalized spacial score (nSPS) is 14.2. The van der Waals surface area contributed by atoms with Gasteiger partial charge in [0.05, 0.1) is 36.1 Å². The van der Waals surface area contributed by atoms with E-state index in [4.69, 9.17) is 4.74 Å². The Morgan fingerprint density at radius 3 is 2.48 bits per heavy atom. The highest BCUT2D eigenvalue weighted by Gasteiger charge is 2.43. The van der Waals surface area contributed by atoms with Crippen molar-refractivity contribution in [3.63, 3.8) is 0 Å². The van der Waals surface area contributed by atoms with Crippen molar-refractivity contribution in [2.45, 2.75) is 25.3 Å². The molecule has 0 atom stereocenters. The van der Waals surface area contributed by atoms with Gasteiger partial charge in [0.2, 0.25) is 17.6 Å². The fourth-order valence-electron chi connectivity index (χ4n) is 4.55. The first kappa shape index (κ1) is 27.0. The Kier molecular flexibility index (Phi) is 6.63. The maximum atomic E-state index is 13.5. The average molecular weight is 564 g/mol. The molecule has 16 heteroatoms. The quantitative estimate of drug-likeness (QED) is 0.272. The summed E-state index contributed by atoms with van der Waals surface area (Å²) in [6.45, 7) is -0.747. The number of fused-ring (bicyclic) bond motifs is 2. The molecule has 5 heterocycles. The van der Waals surface area contributed by atoms with Gasteiger partial charge < -0.3 is 14.2 Å². The van der Waals surface area contributed by atoms with Gasteiger partial charge in [0.1, 0.15) is 18.3 Å². The largest absolute Gasteiger partial charge is 0.480 e. The SMILES string of the molecule is COc1ncnc2c1c(/C=C/C(=O)N1CCc3c(nc(C(F)(F)F)nc3C(F)(F)F)C1)c(-c1ccncn1)n2C. The number of carbonyl (C=O) groups excluding carboxylic acids is 1. The number of hydrogen-bond acceptors (Lipinski definition) is 8. The summed E-state index contributed by atoms with van der Waals surface area (Å²) in [5, 5.41) is 0.464. The first-order valence-corrected chi connectivity index (χ1v) is 11.5. The van der Waals surface area contributed by atoms with E-state index in [0.29, 0.717) is 28.0 Å². The average Bonchev–Trinajstić information content (AvgIpc) is 3.21. The molecule has 40 heavy (non-hydrogen) atoms. The maximum absolute atomic E-state index is 13.5. The number of rotatable bonds is 4. The molecular formula is C24H18F6N8O2. The van der Waals surface area contributed by atoms with Gasteiger partial charge in [-0.3, -0.25) is 4.79 Å². The van der Waals surface area contributed by atoms with Crippen LogP contribution in [0.5, 0.6) is 5.88 Å². The van der Waals surface area contributed by atoms with E-state index in [1.54, 1.807) is 17.7 Å². The number of ether oxygens (including phenoxy) is 1. The Morgan fingerprint density at radius 1 is 1.05 bits per heavy atom. The van der Waals surface area contributed by atoms with Crippen LogP contribution >= 0.6 is 0 Å². The molecule has 0 aromatic carbocycles. The van der Waals surface area contributed by atoms with Crippen molar-refractivity contribution in [2.24, 2.45) is 7.05 Å². The first-order valence-electron chi connectivity index (χ1n) is 11.5. The molecule has 0 spiro atoms.